The third kappa shape index (κ3) is 3.09. The molecule has 5 heteroatoms. The summed E-state index contributed by atoms with van der Waals surface area (Å²) in [5.41, 5.74) is 1.14. The van der Waals surface area contributed by atoms with Gasteiger partial charge in [0.2, 0.25) is 0 Å². The summed E-state index contributed by atoms with van der Waals surface area (Å²) in [6.07, 6.45) is 1.97. The maximum atomic E-state index is 11.1. The first-order valence-electron chi connectivity index (χ1n) is 4.70. The van der Waals surface area contributed by atoms with Crippen LogP contribution in [0.4, 0.5) is 0 Å². The summed E-state index contributed by atoms with van der Waals surface area (Å²) in [5, 5.41) is 9.21. The minimum atomic E-state index is -0.897. The third-order valence-corrected chi connectivity index (χ3v) is 4.35. The van der Waals surface area contributed by atoms with Gasteiger partial charge in [0.05, 0.1) is 12.7 Å². The summed E-state index contributed by atoms with van der Waals surface area (Å²) in [5.74, 6) is -0.209. The van der Waals surface area contributed by atoms with E-state index in [0.29, 0.717) is 11.3 Å². The minimum absolute atomic E-state index is 0.121. The van der Waals surface area contributed by atoms with E-state index < -0.39 is 5.97 Å². The van der Waals surface area contributed by atoms with Crippen LogP contribution in [0.5, 0.6) is 5.75 Å². The summed E-state index contributed by atoms with van der Waals surface area (Å²) in [4.78, 5) is 11.1. The normalized spacial score (nSPS) is 12.2. The molecular formula is C11H14O3S2. The van der Waals surface area contributed by atoms with Gasteiger partial charge in [-0.1, -0.05) is 21.6 Å². The van der Waals surface area contributed by atoms with Crippen molar-refractivity contribution < 1.29 is 14.6 Å². The van der Waals surface area contributed by atoms with Crippen molar-refractivity contribution in [2.45, 2.75) is 12.2 Å². The van der Waals surface area contributed by atoms with Crippen molar-refractivity contribution in [2.75, 3.05) is 13.4 Å². The molecule has 0 amide bonds. The Bertz CT molecular complexity index is 379. The topological polar surface area (TPSA) is 46.5 Å². The van der Waals surface area contributed by atoms with Gasteiger partial charge in [0, 0.05) is 5.25 Å². The molecule has 0 aliphatic rings. The highest BCUT2D eigenvalue weighted by Gasteiger charge is 2.16. The molecule has 1 atom stereocenters. The van der Waals surface area contributed by atoms with Crippen molar-refractivity contribution in [3.63, 3.8) is 0 Å². The molecule has 1 unspecified atom stereocenters. The van der Waals surface area contributed by atoms with Crippen LogP contribution in [0.3, 0.4) is 0 Å². The van der Waals surface area contributed by atoms with E-state index in [2.05, 4.69) is 0 Å². The molecule has 0 heterocycles. The molecular weight excluding hydrogens is 244 g/mol. The van der Waals surface area contributed by atoms with Crippen molar-refractivity contribution in [3.8, 4) is 5.75 Å². The number of rotatable bonds is 5. The maximum Gasteiger partial charge on any atom is 0.336 e. The van der Waals surface area contributed by atoms with Crippen LogP contribution in [-0.2, 0) is 0 Å². The number of hydrogen-bond acceptors (Lipinski definition) is 4. The van der Waals surface area contributed by atoms with Gasteiger partial charge in [0.25, 0.3) is 0 Å². The Morgan fingerprint density at radius 1 is 1.50 bits per heavy atom. The van der Waals surface area contributed by atoms with Crippen LogP contribution < -0.4 is 4.74 Å². The van der Waals surface area contributed by atoms with Crippen molar-refractivity contribution >= 4 is 27.6 Å². The van der Waals surface area contributed by atoms with Crippen molar-refractivity contribution in [3.05, 3.63) is 29.3 Å². The van der Waals surface area contributed by atoms with Crippen LogP contribution in [0.1, 0.15) is 28.1 Å². The van der Waals surface area contributed by atoms with Gasteiger partial charge >= 0.3 is 5.97 Å². The highest BCUT2D eigenvalue weighted by atomic mass is 33.1. The molecule has 0 spiro atoms. The smallest absolute Gasteiger partial charge is 0.336 e. The molecule has 0 saturated carbocycles. The first kappa shape index (κ1) is 13.3. The fourth-order valence-corrected chi connectivity index (χ4v) is 3.16. The number of methoxy groups -OCH3 is 1. The first-order chi connectivity index (χ1) is 7.60. The lowest BCUT2D eigenvalue weighted by Crippen LogP contribution is -2.04. The SMILES string of the molecule is COc1ccc(C(=O)O)c(C(C)SSC)c1. The molecule has 0 aromatic heterocycles. The third-order valence-electron chi connectivity index (χ3n) is 2.17. The summed E-state index contributed by atoms with van der Waals surface area (Å²) < 4.78 is 5.11. The van der Waals surface area contributed by atoms with Gasteiger partial charge in [-0.2, -0.15) is 0 Å². The average Bonchev–Trinajstić information content (AvgIpc) is 2.28. The van der Waals surface area contributed by atoms with Crippen molar-refractivity contribution in [1.82, 2.24) is 0 Å². The predicted octanol–water partition coefficient (Wildman–Crippen LogP) is 3.47. The summed E-state index contributed by atoms with van der Waals surface area (Å²) in [6.45, 7) is 1.99. The molecule has 0 bridgehead atoms. The number of carbonyl (C=O) groups is 1. The van der Waals surface area contributed by atoms with Gasteiger partial charge in [-0.15, -0.1) is 0 Å². The number of carboxylic acid groups (broad SMARTS) is 1. The highest BCUT2D eigenvalue weighted by molar-refractivity contribution is 8.76. The van der Waals surface area contributed by atoms with Crippen LogP contribution in [-0.4, -0.2) is 24.4 Å². The van der Waals surface area contributed by atoms with E-state index in [9.17, 15) is 4.79 Å². The molecule has 88 valence electrons. The number of hydrogen-bond donors (Lipinski definition) is 1. The van der Waals surface area contributed by atoms with E-state index in [1.165, 1.54) is 0 Å². The standard InChI is InChI=1S/C11H14O3S2/c1-7(16-15-3)10-6-8(14-2)4-5-9(10)11(12)13/h4-7H,1-3H3,(H,12,13). The van der Waals surface area contributed by atoms with E-state index in [-0.39, 0.29) is 5.25 Å². The molecule has 1 rings (SSSR count). The Kier molecular flexibility index (Phi) is 5.02. The number of benzene rings is 1. The van der Waals surface area contributed by atoms with Crippen LogP contribution in [0.2, 0.25) is 0 Å². The van der Waals surface area contributed by atoms with E-state index in [0.717, 1.165) is 5.56 Å². The zero-order chi connectivity index (χ0) is 12.1. The molecule has 0 aliphatic carbocycles. The van der Waals surface area contributed by atoms with E-state index in [1.54, 1.807) is 46.9 Å². The largest absolute Gasteiger partial charge is 0.497 e. The zero-order valence-corrected chi connectivity index (χ0v) is 11.0. The molecule has 1 aromatic rings. The van der Waals surface area contributed by atoms with Crippen LogP contribution in [0.25, 0.3) is 0 Å². The molecule has 0 aliphatic heterocycles. The summed E-state index contributed by atoms with van der Waals surface area (Å²) >= 11 is 0. The quantitative estimate of drug-likeness (QED) is 0.819. The van der Waals surface area contributed by atoms with Gasteiger partial charge in [-0.3, -0.25) is 0 Å². The Balaban J connectivity index is 3.14. The monoisotopic (exact) mass is 258 g/mol. The number of carboxylic acids is 1. The molecule has 0 fully saturated rings. The molecule has 1 aromatic carbocycles. The molecule has 1 N–H and O–H groups in total. The second kappa shape index (κ2) is 6.06. The summed E-state index contributed by atoms with van der Waals surface area (Å²) in [7, 11) is 4.83. The lowest BCUT2D eigenvalue weighted by atomic mass is 10.0. The number of ether oxygens (including phenoxy) is 1. The lowest BCUT2D eigenvalue weighted by molar-refractivity contribution is 0.0695. The second-order valence-corrected chi connectivity index (χ2v) is 5.97. The Morgan fingerprint density at radius 2 is 2.19 bits per heavy atom. The van der Waals surface area contributed by atoms with E-state index in [4.69, 9.17) is 9.84 Å². The molecule has 0 radical (unpaired) electrons. The van der Waals surface area contributed by atoms with Crippen LogP contribution in [0.15, 0.2) is 18.2 Å². The second-order valence-electron chi connectivity index (χ2n) is 3.16. The Hall–Kier alpha value is -0.810. The first-order valence-corrected chi connectivity index (χ1v) is 7.33. The Labute approximate surface area is 103 Å². The minimum Gasteiger partial charge on any atom is -0.497 e. The van der Waals surface area contributed by atoms with Crippen molar-refractivity contribution in [2.24, 2.45) is 0 Å². The fraction of sp³-hybridized carbons (Fsp3) is 0.364. The van der Waals surface area contributed by atoms with Crippen molar-refractivity contribution in [1.29, 1.82) is 0 Å². The predicted molar refractivity (Wildman–Crippen MR) is 69.5 cm³/mol. The van der Waals surface area contributed by atoms with Gasteiger partial charge in [0.1, 0.15) is 5.75 Å². The average molecular weight is 258 g/mol. The van der Waals surface area contributed by atoms with Crippen LogP contribution >= 0.6 is 21.6 Å². The zero-order valence-electron chi connectivity index (χ0n) is 9.39. The maximum absolute atomic E-state index is 11.1. The summed E-state index contributed by atoms with van der Waals surface area (Å²) in [6, 6.07) is 5.05. The lowest BCUT2D eigenvalue weighted by Gasteiger charge is -2.14. The van der Waals surface area contributed by atoms with E-state index in [1.807, 2.05) is 13.2 Å². The van der Waals surface area contributed by atoms with Gasteiger partial charge in [-0.05, 0) is 36.9 Å². The number of aromatic carboxylic acids is 1. The fourth-order valence-electron chi connectivity index (χ4n) is 1.40. The molecule has 0 saturated heterocycles. The molecule has 16 heavy (non-hydrogen) atoms. The van der Waals surface area contributed by atoms with Gasteiger partial charge in [0.15, 0.2) is 0 Å². The van der Waals surface area contributed by atoms with Gasteiger partial charge < -0.3 is 9.84 Å². The Morgan fingerprint density at radius 3 is 2.69 bits per heavy atom. The van der Waals surface area contributed by atoms with Crippen LogP contribution in [0, 0.1) is 0 Å². The van der Waals surface area contributed by atoms with Gasteiger partial charge in [-0.25, -0.2) is 4.79 Å². The molecule has 3 nitrogen and oxygen atoms in total. The highest BCUT2D eigenvalue weighted by Crippen LogP contribution is 2.38. The van der Waals surface area contributed by atoms with E-state index >= 15 is 0 Å².